The van der Waals surface area contributed by atoms with Crippen LogP contribution in [0.4, 0.5) is 0 Å². The number of rotatable bonds is 4. The van der Waals surface area contributed by atoms with Gasteiger partial charge in [0.15, 0.2) is 0 Å². The van der Waals surface area contributed by atoms with Crippen molar-refractivity contribution in [3.63, 3.8) is 0 Å². The summed E-state index contributed by atoms with van der Waals surface area (Å²) in [4.78, 5) is 28.6. The minimum absolute atomic E-state index is 0.0579. The van der Waals surface area contributed by atoms with Gasteiger partial charge in [-0.05, 0) is 32.9 Å². The molecule has 1 rings (SSSR count). The van der Waals surface area contributed by atoms with Gasteiger partial charge in [-0.2, -0.15) is 0 Å². The normalized spacial score (nSPS) is 10.9. The highest BCUT2D eigenvalue weighted by molar-refractivity contribution is 5.94. The SMILES string of the molecule is C=CCN(C(=O)c1ccc(C(=O)O)cn1)C(C)(C)C. The molecule has 1 aromatic heterocycles. The monoisotopic (exact) mass is 262 g/mol. The highest BCUT2D eigenvalue weighted by Gasteiger charge is 2.27. The molecule has 0 atom stereocenters. The van der Waals surface area contributed by atoms with Crippen LogP contribution in [0.25, 0.3) is 0 Å². The van der Waals surface area contributed by atoms with Crippen molar-refractivity contribution in [2.45, 2.75) is 26.3 Å². The molecule has 0 saturated carbocycles. The molecule has 1 heterocycles. The Hall–Kier alpha value is -2.17. The van der Waals surface area contributed by atoms with E-state index in [-0.39, 0.29) is 22.7 Å². The maximum Gasteiger partial charge on any atom is 0.337 e. The fourth-order valence-corrected chi connectivity index (χ4v) is 1.58. The second-order valence-electron chi connectivity index (χ2n) is 5.11. The first-order chi connectivity index (χ1) is 8.77. The van der Waals surface area contributed by atoms with Gasteiger partial charge < -0.3 is 10.0 Å². The van der Waals surface area contributed by atoms with Gasteiger partial charge in [-0.1, -0.05) is 6.08 Å². The lowest BCUT2D eigenvalue weighted by atomic mass is 10.1. The summed E-state index contributed by atoms with van der Waals surface area (Å²) in [5.41, 5.74) is -0.0809. The number of carbonyl (C=O) groups is 2. The van der Waals surface area contributed by atoms with Crippen LogP contribution in [0.1, 0.15) is 41.6 Å². The van der Waals surface area contributed by atoms with Gasteiger partial charge in [-0.3, -0.25) is 9.78 Å². The van der Waals surface area contributed by atoms with E-state index in [1.54, 1.807) is 11.0 Å². The van der Waals surface area contributed by atoms with Crippen molar-refractivity contribution in [3.05, 3.63) is 42.2 Å². The number of aromatic carboxylic acids is 1. The van der Waals surface area contributed by atoms with E-state index >= 15 is 0 Å². The van der Waals surface area contributed by atoms with Crippen LogP contribution in [0.15, 0.2) is 31.0 Å². The Morgan fingerprint density at radius 3 is 2.42 bits per heavy atom. The van der Waals surface area contributed by atoms with Crippen LogP contribution in [0.3, 0.4) is 0 Å². The zero-order chi connectivity index (χ0) is 14.6. The number of carboxylic acid groups (broad SMARTS) is 1. The number of pyridine rings is 1. The summed E-state index contributed by atoms with van der Waals surface area (Å²) >= 11 is 0. The first-order valence-electron chi connectivity index (χ1n) is 5.89. The van der Waals surface area contributed by atoms with Crippen LogP contribution in [-0.2, 0) is 0 Å². The smallest absolute Gasteiger partial charge is 0.337 e. The summed E-state index contributed by atoms with van der Waals surface area (Å²) in [7, 11) is 0. The van der Waals surface area contributed by atoms with Crippen LogP contribution in [0, 0.1) is 0 Å². The molecule has 0 aliphatic heterocycles. The molecule has 0 aliphatic rings. The van der Waals surface area contributed by atoms with Gasteiger partial charge in [0.25, 0.3) is 5.91 Å². The van der Waals surface area contributed by atoms with Crippen LogP contribution < -0.4 is 0 Å². The third-order valence-electron chi connectivity index (χ3n) is 2.60. The number of aromatic nitrogens is 1. The summed E-state index contributed by atoms with van der Waals surface area (Å²) in [6, 6.07) is 2.80. The van der Waals surface area contributed by atoms with Crippen molar-refractivity contribution in [3.8, 4) is 0 Å². The summed E-state index contributed by atoms with van der Waals surface area (Å²) in [5.74, 6) is -1.31. The molecule has 0 unspecified atom stereocenters. The van der Waals surface area contributed by atoms with Gasteiger partial charge in [-0.15, -0.1) is 6.58 Å². The minimum Gasteiger partial charge on any atom is -0.478 e. The summed E-state index contributed by atoms with van der Waals surface area (Å²) in [6.45, 7) is 9.79. The van der Waals surface area contributed by atoms with Crippen LogP contribution >= 0.6 is 0 Å². The third-order valence-corrected chi connectivity index (χ3v) is 2.60. The Morgan fingerprint density at radius 2 is 2.05 bits per heavy atom. The maximum atomic E-state index is 12.3. The fourth-order valence-electron chi connectivity index (χ4n) is 1.58. The number of nitrogens with zero attached hydrogens (tertiary/aromatic N) is 2. The number of hydrogen-bond donors (Lipinski definition) is 1. The molecular formula is C14H18N2O3. The molecule has 5 nitrogen and oxygen atoms in total. The molecule has 0 spiro atoms. The first kappa shape index (κ1) is 14.9. The zero-order valence-electron chi connectivity index (χ0n) is 11.4. The molecule has 102 valence electrons. The van der Waals surface area contributed by atoms with Crippen molar-refractivity contribution >= 4 is 11.9 Å². The van der Waals surface area contributed by atoms with Gasteiger partial charge in [0.05, 0.1) is 5.56 Å². The Morgan fingerprint density at radius 1 is 1.42 bits per heavy atom. The van der Waals surface area contributed by atoms with E-state index in [1.807, 2.05) is 20.8 Å². The van der Waals surface area contributed by atoms with E-state index < -0.39 is 5.97 Å². The Balaban J connectivity index is 3.03. The van der Waals surface area contributed by atoms with Crippen molar-refractivity contribution < 1.29 is 14.7 Å². The van der Waals surface area contributed by atoms with Crippen molar-refractivity contribution in [2.24, 2.45) is 0 Å². The van der Waals surface area contributed by atoms with Crippen molar-refractivity contribution in [2.75, 3.05) is 6.54 Å². The predicted octanol–water partition coefficient (Wildman–Crippen LogP) is 2.21. The number of hydrogen-bond acceptors (Lipinski definition) is 3. The highest BCUT2D eigenvalue weighted by Crippen LogP contribution is 2.16. The molecular weight excluding hydrogens is 244 g/mol. The Kier molecular flexibility index (Phi) is 4.43. The highest BCUT2D eigenvalue weighted by atomic mass is 16.4. The zero-order valence-corrected chi connectivity index (χ0v) is 11.4. The predicted molar refractivity (Wildman–Crippen MR) is 72.2 cm³/mol. The molecule has 0 fully saturated rings. The fraction of sp³-hybridized carbons (Fsp3) is 0.357. The first-order valence-corrected chi connectivity index (χ1v) is 5.89. The molecule has 1 aromatic rings. The standard InChI is InChI=1S/C14H18N2O3/c1-5-8-16(14(2,3)4)12(17)11-7-6-10(9-15-11)13(18)19/h5-7,9H,1,8H2,2-4H3,(H,18,19). The summed E-state index contributed by atoms with van der Waals surface area (Å²) in [6.07, 6.45) is 2.83. The molecule has 19 heavy (non-hydrogen) atoms. The number of carboxylic acids is 1. The summed E-state index contributed by atoms with van der Waals surface area (Å²) < 4.78 is 0. The molecule has 0 saturated heterocycles. The van der Waals surface area contributed by atoms with Crippen molar-refractivity contribution in [1.29, 1.82) is 0 Å². The van der Waals surface area contributed by atoms with Gasteiger partial charge in [0, 0.05) is 18.3 Å². The quantitative estimate of drug-likeness (QED) is 0.844. The van der Waals surface area contributed by atoms with Crippen molar-refractivity contribution in [1.82, 2.24) is 9.88 Å². The van der Waals surface area contributed by atoms with E-state index in [2.05, 4.69) is 11.6 Å². The van der Waals surface area contributed by atoms with Gasteiger partial charge in [0.1, 0.15) is 5.69 Å². The topological polar surface area (TPSA) is 70.5 Å². The number of amides is 1. The molecule has 0 radical (unpaired) electrons. The molecule has 0 aromatic carbocycles. The van der Waals surface area contributed by atoms with E-state index in [0.29, 0.717) is 6.54 Å². The van der Waals surface area contributed by atoms with E-state index in [0.717, 1.165) is 0 Å². The Bertz CT molecular complexity index is 486. The van der Waals surface area contributed by atoms with Crippen LogP contribution in [0.5, 0.6) is 0 Å². The summed E-state index contributed by atoms with van der Waals surface area (Å²) in [5, 5.41) is 8.79. The van der Waals surface area contributed by atoms with E-state index in [1.165, 1.54) is 18.3 Å². The van der Waals surface area contributed by atoms with Gasteiger partial charge in [0.2, 0.25) is 0 Å². The maximum absolute atomic E-state index is 12.3. The lowest BCUT2D eigenvalue weighted by Gasteiger charge is -2.34. The molecule has 5 heteroatoms. The van der Waals surface area contributed by atoms with E-state index in [9.17, 15) is 9.59 Å². The molecule has 0 bridgehead atoms. The molecule has 1 amide bonds. The molecule has 0 aliphatic carbocycles. The average Bonchev–Trinajstić information content (AvgIpc) is 2.34. The van der Waals surface area contributed by atoms with Crippen LogP contribution in [0.2, 0.25) is 0 Å². The molecule has 1 N–H and O–H groups in total. The van der Waals surface area contributed by atoms with Gasteiger partial charge in [-0.25, -0.2) is 4.79 Å². The van der Waals surface area contributed by atoms with E-state index in [4.69, 9.17) is 5.11 Å². The van der Waals surface area contributed by atoms with Gasteiger partial charge >= 0.3 is 5.97 Å². The number of carbonyl (C=O) groups excluding carboxylic acids is 1. The second kappa shape index (κ2) is 5.65. The lowest BCUT2D eigenvalue weighted by molar-refractivity contribution is 0.0607. The third kappa shape index (κ3) is 3.64. The van der Waals surface area contributed by atoms with Crippen LogP contribution in [-0.4, -0.2) is 39.0 Å². The Labute approximate surface area is 112 Å². The largest absolute Gasteiger partial charge is 0.478 e. The lowest BCUT2D eigenvalue weighted by Crippen LogP contribution is -2.45. The second-order valence-corrected chi connectivity index (χ2v) is 5.11. The minimum atomic E-state index is -1.06. The average molecular weight is 262 g/mol.